The molecule has 0 radical (unpaired) electrons. The second-order valence-electron chi connectivity index (χ2n) is 1.56. The summed E-state index contributed by atoms with van der Waals surface area (Å²) in [6, 6.07) is 0. The molecule has 0 saturated carbocycles. The summed E-state index contributed by atoms with van der Waals surface area (Å²) in [7, 11) is -2.45. The van der Waals surface area contributed by atoms with Gasteiger partial charge in [0.05, 0.1) is 0 Å². The van der Waals surface area contributed by atoms with E-state index in [0.717, 1.165) is 10.8 Å². The molecule has 0 bridgehead atoms. The summed E-state index contributed by atoms with van der Waals surface area (Å²) in [5.41, 5.74) is 0. The largest absolute Gasteiger partial charge is 0.322 e. The van der Waals surface area contributed by atoms with Crippen LogP contribution in [-0.4, -0.2) is 20.3 Å². The number of hydrogen-bond acceptors (Lipinski definition) is 4. The molecule has 52 valence electrons. The van der Waals surface area contributed by atoms with Gasteiger partial charge in [0.15, 0.2) is 0 Å². The van der Waals surface area contributed by atoms with Gasteiger partial charge in [-0.25, -0.2) is 0 Å². The Morgan fingerprint density at radius 2 is 2.44 bits per heavy atom. The molecule has 5 heteroatoms. The molecule has 0 aromatic heterocycles. The zero-order valence-electron chi connectivity index (χ0n) is 4.61. The van der Waals surface area contributed by atoms with Crippen LogP contribution in [0.2, 0.25) is 0 Å². The van der Waals surface area contributed by atoms with E-state index in [9.17, 15) is 8.42 Å². The van der Waals surface area contributed by atoms with Gasteiger partial charge in [0.2, 0.25) is 0 Å². The fourth-order valence-corrected chi connectivity index (χ4v) is 2.93. The first-order valence-electron chi connectivity index (χ1n) is 2.34. The van der Waals surface area contributed by atoms with Crippen molar-refractivity contribution in [3.63, 3.8) is 0 Å². The summed E-state index contributed by atoms with van der Waals surface area (Å²) in [4.78, 5) is 0. The first-order valence-corrected chi connectivity index (χ1v) is 5.25. The summed E-state index contributed by atoms with van der Waals surface area (Å²) in [5.74, 6) is 0.464. The Labute approximate surface area is 57.6 Å². The molecule has 1 saturated heterocycles. The highest BCUT2D eigenvalue weighted by atomic mass is 33.2. The maximum atomic E-state index is 10.5. The topological polar surface area (TPSA) is 43.4 Å². The van der Waals surface area contributed by atoms with Crippen molar-refractivity contribution in [1.29, 1.82) is 0 Å². The van der Waals surface area contributed by atoms with Crippen LogP contribution in [0, 0.1) is 0 Å². The van der Waals surface area contributed by atoms with Crippen molar-refractivity contribution in [1.82, 2.24) is 0 Å². The number of hydrogen-bond donors (Lipinski definition) is 0. The van der Waals surface area contributed by atoms with Gasteiger partial charge in [-0.2, -0.15) is 8.42 Å². The van der Waals surface area contributed by atoms with Crippen molar-refractivity contribution in [2.75, 3.05) is 5.75 Å². The summed E-state index contributed by atoms with van der Waals surface area (Å²) < 4.78 is 25.5. The van der Waals surface area contributed by atoms with E-state index in [4.69, 9.17) is 0 Å². The Kier molecular flexibility index (Phi) is 1.83. The lowest BCUT2D eigenvalue weighted by Gasteiger charge is -1.94. The van der Waals surface area contributed by atoms with Gasteiger partial charge in [0.25, 0.3) is 0 Å². The van der Waals surface area contributed by atoms with Crippen molar-refractivity contribution in [3.05, 3.63) is 12.7 Å². The molecule has 1 atom stereocenters. The van der Waals surface area contributed by atoms with Gasteiger partial charge < -0.3 is 0 Å². The molecule has 1 aliphatic heterocycles. The van der Waals surface area contributed by atoms with Crippen LogP contribution in [0.3, 0.4) is 0 Å². The summed E-state index contributed by atoms with van der Waals surface area (Å²) in [6.07, 6.45) is 1.16. The lowest BCUT2D eigenvalue weighted by molar-refractivity contribution is 0.298. The zero-order valence-corrected chi connectivity index (χ0v) is 6.24. The fourth-order valence-electron chi connectivity index (χ4n) is 0.465. The van der Waals surface area contributed by atoms with Crippen molar-refractivity contribution in [3.8, 4) is 0 Å². The Bertz CT molecular complexity index is 206. The van der Waals surface area contributed by atoms with Crippen LogP contribution in [0.25, 0.3) is 0 Å². The van der Waals surface area contributed by atoms with Gasteiger partial charge in [-0.05, 0) is 10.8 Å². The molecule has 9 heavy (non-hydrogen) atoms. The van der Waals surface area contributed by atoms with E-state index >= 15 is 0 Å². The van der Waals surface area contributed by atoms with Crippen LogP contribution in [0.15, 0.2) is 12.7 Å². The predicted octanol–water partition coefficient (Wildman–Crippen LogP) is 0.549. The molecule has 0 aliphatic carbocycles. The van der Waals surface area contributed by atoms with E-state index in [0.29, 0.717) is 5.75 Å². The average Bonchev–Trinajstić information content (AvgIpc) is 2.10. The molecule has 1 fully saturated rings. The second-order valence-corrected chi connectivity index (χ2v) is 5.07. The lowest BCUT2D eigenvalue weighted by Crippen LogP contribution is -2.04. The average molecular weight is 166 g/mol. The van der Waals surface area contributed by atoms with Crippen molar-refractivity contribution >= 4 is 19.9 Å². The fraction of sp³-hybridized carbons (Fsp3) is 0.500. The van der Waals surface area contributed by atoms with Gasteiger partial charge in [-0.1, -0.05) is 6.08 Å². The van der Waals surface area contributed by atoms with Gasteiger partial charge in [0, 0.05) is 5.75 Å². The molecule has 1 unspecified atom stereocenters. The normalized spacial score (nSPS) is 32.2. The summed E-state index contributed by atoms with van der Waals surface area (Å²) >= 11 is 0. The molecule has 0 amide bonds. The zero-order chi connectivity index (χ0) is 6.91. The van der Waals surface area contributed by atoms with Crippen LogP contribution < -0.4 is 0 Å². The summed E-state index contributed by atoms with van der Waals surface area (Å²) in [5, 5.41) is 0. The van der Waals surface area contributed by atoms with E-state index in [2.05, 4.69) is 10.8 Å². The summed E-state index contributed by atoms with van der Waals surface area (Å²) in [6.45, 7) is 3.41. The van der Waals surface area contributed by atoms with Gasteiger partial charge in [-0.3, -0.25) is 4.18 Å². The molecule has 1 rings (SSSR count). The Morgan fingerprint density at radius 1 is 1.78 bits per heavy atom. The van der Waals surface area contributed by atoms with Crippen molar-refractivity contribution in [2.24, 2.45) is 0 Å². The minimum absolute atomic E-state index is 0.319. The Morgan fingerprint density at radius 3 is 2.67 bits per heavy atom. The van der Waals surface area contributed by atoms with Gasteiger partial charge in [0.1, 0.15) is 6.10 Å². The standard InChI is InChI=1S/C4H6O3S2/c1-2-4-3-8-9(5,6)7-4/h2,4H,1,3H2. The van der Waals surface area contributed by atoms with E-state index in [1.54, 1.807) is 0 Å². The first-order chi connectivity index (χ1) is 4.14. The lowest BCUT2D eigenvalue weighted by atomic mass is 10.4. The van der Waals surface area contributed by atoms with E-state index < -0.39 is 9.15 Å². The third-order valence-electron chi connectivity index (χ3n) is 0.881. The third kappa shape index (κ3) is 1.70. The van der Waals surface area contributed by atoms with Gasteiger partial charge in [-0.15, -0.1) is 6.58 Å². The molecular formula is C4H6O3S2. The highest BCUT2D eigenvalue weighted by Crippen LogP contribution is 2.26. The predicted molar refractivity (Wildman–Crippen MR) is 36.4 cm³/mol. The Hall–Kier alpha value is -0.0000000000000000763. The molecule has 1 aliphatic rings. The third-order valence-corrected chi connectivity index (χ3v) is 3.63. The van der Waals surface area contributed by atoms with Crippen LogP contribution >= 0.6 is 10.8 Å². The molecule has 3 nitrogen and oxygen atoms in total. The smallest absolute Gasteiger partial charge is 0.253 e. The van der Waals surface area contributed by atoms with E-state index in [-0.39, 0.29) is 6.10 Å². The highest BCUT2D eigenvalue weighted by Gasteiger charge is 2.26. The monoisotopic (exact) mass is 166 g/mol. The minimum Gasteiger partial charge on any atom is -0.253 e. The van der Waals surface area contributed by atoms with Crippen LogP contribution in [0.5, 0.6) is 0 Å². The van der Waals surface area contributed by atoms with Crippen LogP contribution in [0.1, 0.15) is 0 Å². The van der Waals surface area contributed by atoms with E-state index in [1.807, 2.05) is 0 Å². The molecule has 0 N–H and O–H groups in total. The van der Waals surface area contributed by atoms with Crippen LogP contribution in [-0.2, 0) is 13.3 Å². The first kappa shape index (κ1) is 7.11. The molecule has 0 spiro atoms. The minimum atomic E-state index is -3.26. The van der Waals surface area contributed by atoms with Crippen LogP contribution in [0.4, 0.5) is 0 Å². The molecule has 0 aromatic carbocycles. The number of rotatable bonds is 1. The second kappa shape index (κ2) is 2.32. The highest BCUT2D eigenvalue weighted by molar-refractivity contribution is 8.70. The molecule has 0 aromatic rings. The van der Waals surface area contributed by atoms with Gasteiger partial charge >= 0.3 is 9.15 Å². The SMILES string of the molecule is C=CC1CSS(=O)(=O)O1. The maximum absolute atomic E-state index is 10.5. The van der Waals surface area contributed by atoms with E-state index in [1.165, 1.54) is 6.08 Å². The van der Waals surface area contributed by atoms with Crippen molar-refractivity contribution in [2.45, 2.75) is 6.10 Å². The molecular weight excluding hydrogens is 160 g/mol. The van der Waals surface area contributed by atoms with Crippen molar-refractivity contribution < 1.29 is 12.6 Å². The quantitative estimate of drug-likeness (QED) is 0.421. The molecule has 1 heterocycles. The Balaban J connectivity index is 2.68. The maximum Gasteiger partial charge on any atom is 0.322 e.